The zero-order valence-corrected chi connectivity index (χ0v) is 13.5. The SMILES string of the molecule is CNCc1oc2c(Br)cc(Cl)c(F)c2c1CC(C)C. The number of hydrogen-bond donors (Lipinski definition) is 1. The Bertz CT molecular complexity index is 609. The third kappa shape index (κ3) is 2.81. The van der Waals surface area contributed by atoms with E-state index in [2.05, 4.69) is 35.1 Å². The Morgan fingerprint density at radius 3 is 2.74 bits per heavy atom. The van der Waals surface area contributed by atoms with Crippen LogP contribution in [0.4, 0.5) is 4.39 Å². The van der Waals surface area contributed by atoms with Crippen LogP contribution in [0.15, 0.2) is 15.0 Å². The lowest BCUT2D eigenvalue weighted by molar-refractivity contribution is 0.515. The fourth-order valence-electron chi connectivity index (χ4n) is 2.20. The van der Waals surface area contributed by atoms with Gasteiger partial charge in [0.25, 0.3) is 0 Å². The summed E-state index contributed by atoms with van der Waals surface area (Å²) in [5.41, 5.74) is 1.43. The lowest BCUT2D eigenvalue weighted by Gasteiger charge is -2.06. The summed E-state index contributed by atoms with van der Waals surface area (Å²) in [6.07, 6.45) is 0.758. The van der Waals surface area contributed by atoms with E-state index >= 15 is 0 Å². The van der Waals surface area contributed by atoms with Crippen LogP contribution < -0.4 is 5.32 Å². The van der Waals surface area contributed by atoms with Crippen molar-refractivity contribution in [1.82, 2.24) is 5.32 Å². The van der Waals surface area contributed by atoms with E-state index in [-0.39, 0.29) is 5.02 Å². The molecule has 0 amide bonds. The fraction of sp³-hybridized carbons (Fsp3) is 0.429. The summed E-state index contributed by atoms with van der Waals surface area (Å²) in [5.74, 6) is 0.781. The first kappa shape index (κ1) is 14.8. The highest BCUT2D eigenvalue weighted by Gasteiger charge is 2.22. The molecule has 0 spiro atoms. The molecule has 1 N–H and O–H groups in total. The van der Waals surface area contributed by atoms with Crippen LogP contribution in [0, 0.1) is 11.7 Å². The van der Waals surface area contributed by atoms with Crippen LogP contribution in [0.25, 0.3) is 11.0 Å². The largest absolute Gasteiger partial charge is 0.458 e. The molecule has 0 saturated carbocycles. The molecule has 0 radical (unpaired) electrons. The minimum absolute atomic E-state index is 0.112. The van der Waals surface area contributed by atoms with Gasteiger partial charge in [0.05, 0.1) is 21.4 Å². The molecular weight excluding hydrogens is 333 g/mol. The molecule has 0 bridgehead atoms. The van der Waals surface area contributed by atoms with Crippen LogP contribution >= 0.6 is 27.5 Å². The van der Waals surface area contributed by atoms with E-state index in [9.17, 15) is 4.39 Å². The smallest absolute Gasteiger partial charge is 0.153 e. The van der Waals surface area contributed by atoms with Crippen LogP contribution in [0.5, 0.6) is 0 Å². The van der Waals surface area contributed by atoms with E-state index < -0.39 is 5.82 Å². The van der Waals surface area contributed by atoms with Crippen LogP contribution in [0.2, 0.25) is 5.02 Å². The molecule has 0 unspecified atom stereocenters. The highest BCUT2D eigenvalue weighted by molar-refractivity contribution is 9.10. The number of hydrogen-bond acceptors (Lipinski definition) is 2. The number of furan rings is 1. The Hall–Kier alpha value is -0.580. The van der Waals surface area contributed by atoms with Crippen LogP contribution in [0.1, 0.15) is 25.2 Å². The Balaban J connectivity index is 2.75. The van der Waals surface area contributed by atoms with Crippen molar-refractivity contribution in [3.05, 3.63) is 32.7 Å². The monoisotopic (exact) mass is 347 g/mol. The average molecular weight is 349 g/mol. The van der Waals surface area contributed by atoms with Gasteiger partial charge in [-0.3, -0.25) is 0 Å². The maximum absolute atomic E-state index is 14.3. The van der Waals surface area contributed by atoms with Gasteiger partial charge in [-0.15, -0.1) is 0 Å². The highest BCUT2D eigenvalue weighted by atomic mass is 79.9. The van der Waals surface area contributed by atoms with Crippen LogP contribution in [0.3, 0.4) is 0 Å². The van der Waals surface area contributed by atoms with Crippen molar-refractivity contribution in [3.63, 3.8) is 0 Å². The van der Waals surface area contributed by atoms with Gasteiger partial charge in [-0.05, 0) is 41.4 Å². The predicted octanol–water partition coefficient (Wildman–Crippen LogP) is 4.91. The Kier molecular flexibility index (Phi) is 4.54. The van der Waals surface area contributed by atoms with Crippen molar-refractivity contribution >= 4 is 38.5 Å². The molecule has 0 atom stereocenters. The maximum Gasteiger partial charge on any atom is 0.153 e. The second-order valence-electron chi connectivity index (χ2n) is 4.99. The normalized spacial score (nSPS) is 11.7. The fourth-order valence-corrected chi connectivity index (χ4v) is 3.04. The number of nitrogens with one attached hydrogen (secondary N) is 1. The minimum atomic E-state index is -0.401. The Labute approximate surface area is 125 Å². The third-order valence-corrected chi connectivity index (χ3v) is 3.80. The van der Waals surface area contributed by atoms with E-state index in [1.165, 1.54) is 6.07 Å². The summed E-state index contributed by atoms with van der Waals surface area (Å²) in [5, 5.41) is 3.66. The minimum Gasteiger partial charge on any atom is -0.458 e. The maximum atomic E-state index is 14.3. The summed E-state index contributed by atoms with van der Waals surface area (Å²) in [4.78, 5) is 0. The van der Waals surface area contributed by atoms with Crippen molar-refractivity contribution in [1.29, 1.82) is 0 Å². The van der Waals surface area contributed by atoms with Crippen molar-refractivity contribution in [2.45, 2.75) is 26.8 Å². The molecule has 0 aliphatic carbocycles. The van der Waals surface area contributed by atoms with Gasteiger partial charge in [-0.1, -0.05) is 25.4 Å². The molecule has 2 aromatic rings. The Morgan fingerprint density at radius 2 is 2.16 bits per heavy atom. The molecule has 1 aromatic carbocycles. The topological polar surface area (TPSA) is 25.2 Å². The molecular formula is C14H16BrClFNO. The molecule has 1 heterocycles. The molecule has 2 nitrogen and oxygen atoms in total. The zero-order valence-electron chi connectivity index (χ0n) is 11.1. The molecule has 0 saturated heterocycles. The molecule has 0 aliphatic rings. The predicted molar refractivity (Wildman–Crippen MR) is 80.2 cm³/mol. The molecule has 0 aliphatic heterocycles. The van der Waals surface area contributed by atoms with Crippen molar-refractivity contribution in [3.8, 4) is 0 Å². The number of halogens is 3. The first-order chi connectivity index (χ1) is 8.95. The lowest BCUT2D eigenvalue weighted by atomic mass is 9.99. The summed E-state index contributed by atoms with van der Waals surface area (Å²) >= 11 is 9.31. The van der Waals surface area contributed by atoms with Crippen molar-refractivity contribution in [2.75, 3.05) is 7.05 Å². The van der Waals surface area contributed by atoms with Gasteiger partial charge in [0.1, 0.15) is 5.76 Å². The van der Waals surface area contributed by atoms with Gasteiger partial charge in [-0.25, -0.2) is 4.39 Å². The third-order valence-electron chi connectivity index (χ3n) is 2.94. The summed E-state index contributed by atoms with van der Waals surface area (Å²) in [6.45, 7) is 4.76. The summed E-state index contributed by atoms with van der Waals surface area (Å²) in [7, 11) is 1.84. The van der Waals surface area contributed by atoms with Gasteiger partial charge in [0.2, 0.25) is 0 Å². The van der Waals surface area contributed by atoms with Crippen molar-refractivity contribution in [2.24, 2.45) is 5.92 Å². The van der Waals surface area contributed by atoms with E-state index in [0.717, 1.165) is 17.7 Å². The zero-order chi connectivity index (χ0) is 14.2. The van der Waals surface area contributed by atoms with E-state index in [4.69, 9.17) is 16.0 Å². The van der Waals surface area contributed by atoms with E-state index in [1.807, 2.05) is 7.05 Å². The van der Waals surface area contributed by atoms with Gasteiger partial charge >= 0.3 is 0 Å². The Morgan fingerprint density at radius 1 is 1.47 bits per heavy atom. The number of benzene rings is 1. The standard InChI is InChI=1S/C14H16BrClFNO/c1-7(2)4-8-11(6-18-3)19-14-9(15)5-10(16)13(17)12(8)14/h5,7,18H,4,6H2,1-3H3. The number of rotatable bonds is 4. The molecule has 5 heteroatoms. The van der Waals surface area contributed by atoms with Crippen LogP contribution in [-0.4, -0.2) is 7.05 Å². The lowest BCUT2D eigenvalue weighted by Crippen LogP contribution is -2.07. The molecule has 1 aromatic heterocycles. The first-order valence-corrected chi connectivity index (χ1v) is 7.35. The quantitative estimate of drug-likeness (QED) is 0.795. The van der Waals surface area contributed by atoms with Crippen LogP contribution in [-0.2, 0) is 13.0 Å². The van der Waals surface area contributed by atoms with Gasteiger partial charge in [0, 0.05) is 5.56 Å². The first-order valence-electron chi connectivity index (χ1n) is 6.18. The molecule has 19 heavy (non-hydrogen) atoms. The molecule has 0 fully saturated rings. The van der Waals surface area contributed by atoms with Gasteiger partial charge in [-0.2, -0.15) is 0 Å². The molecule has 104 valence electrons. The average Bonchev–Trinajstić information content (AvgIpc) is 2.66. The van der Waals surface area contributed by atoms with Crippen molar-refractivity contribution < 1.29 is 8.81 Å². The van der Waals surface area contributed by atoms with E-state index in [0.29, 0.717) is 27.9 Å². The summed E-state index contributed by atoms with van der Waals surface area (Å²) in [6, 6.07) is 1.53. The highest BCUT2D eigenvalue weighted by Crippen LogP contribution is 2.38. The summed E-state index contributed by atoms with van der Waals surface area (Å²) < 4.78 is 20.8. The molecule has 2 rings (SSSR count). The van der Waals surface area contributed by atoms with Gasteiger partial charge in [0.15, 0.2) is 11.4 Å². The van der Waals surface area contributed by atoms with Gasteiger partial charge < -0.3 is 9.73 Å². The van der Waals surface area contributed by atoms with E-state index in [1.54, 1.807) is 0 Å². The number of fused-ring (bicyclic) bond motifs is 1. The second-order valence-corrected chi connectivity index (χ2v) is 6.25. The second kappa shape index (κ2) is 5.81.